The smallest absolute Gasteiger partial charge is 0.410 e. The van der Waals surface area contributed by atoms with Gasteiger partial charge in [-0.3, -0.25) is 4.79 Å². The highest BCUT2D eigenvalue weighted by molar-refractivity contribution is 5.79. The van der Waals surface area contributed by atoms with E-state index in [4.69, 9.17) is 4.74 Å². The Labute approximate surface area is 144 Å². The molecule has 0 aromatic rings. The number of rotatable bonds is 2. The zero-order valence-electron chi connectivity index (χ0n) is 15.2. The van der Waals surface area contributed by atoms with Crippen molar-refractivity contribution < 1.29 is 14.3 Å². The summed E-state index contributed by atoms with van der Waals surface area (Å²) in [5.74, 6) is 0.216. The maximum atomic E-state index is 12.2. The van der Waals surface area contributed by atoms with E-state index in [1.165, 1.54) is 0 Å². The first-order valence-electron chi connectivity index (χ1n) is 9.40. The first-order chi connectivity index (χ1) is 11.4. The molecule has 3 heterocycles. The van der Waals surface area contributed by atoms with Crippen LogP contribution >= 0.6 is 0 Å². The fourth-order valence-electron chi connectivity index (χ4n) is 4.87. The molecule has 0 aromatic heterocycles. The maximum Gasteiger partial charge on any atom is 0.410 e. The second-order valence-electron chi connectivity index (χ2n) is 7.92. The molecule has 0 aromatic carbocycles. The van der Waals surface area contributed by atoms with E-state index >= 15 is 0 Å². The van der Waals surface area contributed by atoms with Gasteiger partial charge in [0.2, 0.25) is 5.91 Å². The first-order valence-corrected chi connectivity index (χ1v) is 9.40. The van der Waals surface area contributed by atoms with Crippen molar-refractivity contribution in [2.24, 2.45) is 5.41 Å². The summed E-state index contributed by atoms with van der Waals surface area (Å²) >= 11 is 0. The molecule has 136 valence electrons. The van der Waals surface area contributed by atoms with Gasteiger partial charge in [-0.05, 0) is 65.0 Å². The van der Waals surface area contributed by atoms with E-state index in [0.717, 1.165) is 45.3 Å². The van der Waals surface area contributed by atoms with Crippen molar-refractivity contribution in [3.63, 3.8) is 0 Å². The molecule has 3 aliphatic rings. The summed E-state index contributed by atoms with van der Waals surface area (Å²) < 4.78 is 5.21. The van der Waals surface area contributed by atoms with Crippen LogP contribution in [0.3, 0.4) is 0 Å². The van der Waals surface area contributed by atoms with Crippen LogP contribution in [0, 0.1) is 5.41 Å². The zero-order valence-corrected chi connectivity index (χ0v) is 15.2. The monoisotopic (exact) mass is 337 g/mol. The topological polar surface area (TPSA) is 61.9 Å². The maximum absolute atomic E-state index is 12.2. The summed E-state index contributed by atoms with van der Waals surface area (Å²) in [7, 11) is 0. The molecule has 0 saturated carbocycles. The first kappa shape index (κ1) is 17.5. The Kier molecular flexibility index (Phi) is 5.04. The fourth-order valence-corrected chi connectivity index (χ4v) is 4.87. The van der Waals surface area contributed by atoms with Crippen molar-refractivity contribution in [3.05, 3.63) is 0 Å². The van der Waals surface area contributed by atoms with Gasteiger partial charge < -0.3 is 19.9 Å². The molecule has 1 N–H and O–H groups in total. The molecule has 3 aliphatic heterocycles. The average molecular weight is 337 g/mol. The van der Waals surface area contributed by atoms with Crippen molar-refractivity contribution in [2.75, 3.05) is 26.2 Å². The quantitative estimate of drug-likeness (QED) is 0.837. The van der Waals surface area contributed by atoms with Gasteiger partial charge in [0.05, 0.1) is 6.61 Å². The van der Waals surface area contributed by atoms with Gasteiger partial charge in [-0.1, -0.05) is 0 Å². The van der Waals surface area contributed by atoms with Gasteiger partial charge in [0.1, 0.15) is 0 Å². The normalized spacial score (nSPS) is 33.5. The molecular weight excluding hydrogens is 306 g/mol. The van der Waals surface area contributed by atoms with Gasteiger partial charge >= 0.3 is 6.09 Å². The fraction of sp³-hybridized carbons (Fsp3) is 0.889. The van der Waals surface area contributed by atoms with Crippen molar-refractivity contribution in [2.45, 2.75) is 71.0 Å². The molecule has 0 radical (unpaired) electrons. The predicted molar refractivity (Wildman–Crippen MR) is 91.7 cm³/mol. The minimum absolute atomic E-state index is 0.177. The molecule has 24 heavy (non-hydrogen) atoms. The molecule has 2 unspecified atom stereocenters. The molecule has 3 saturated heterocycles. The van der Waals surface area contributed by atoms with Crippen molar-refractivity contribution >= 4 is 12.0 Å². The predicted octanol–water partition coefficient (Wildman–Crippen LogP) is 1.99. The molecule has 3 fully saturated rings. The van der Waals surface area contributed by atoms with Crippen LogP contribution in [-0.4, -0.2) is 66.2 Å². The van der Waals surface area contributed by atoms with Crippen LogP contribution in [-0.2, 0) is 9.53 Å². The third-order valence-electron chi connectivity index (χ3n) is 6.23. The number of nitrogens with zero attached hydrogens (tertiary/aromatic N) is 2. The average Bonchev–Trinajstić information content (AvgIpc) is 2.88. The van der Waals surface area contributed by atoms with Crippen molar-refractivity contribution in [1.29, 1.82) is 0 Å². The Morgan fingerprint density at radius 3 is 2.38 bits per heavy atom. The number of hydrogen-bond donors (Lipinski definition) is 1. The lowest BCUT2D eigenvalue weighted by molar-refractivity contribution is -0.119. The van der Waals surface area contributed by atoms with Crippen LogP contribution in [0.2, 0.25) is 0 Å². The van der Waals surface area contributed by atoms with Crippen LogP contribution < -0.4 is 5.32 Å². The molecule has 0 aliphatic carbocycles. The molecule has 0 bridgehead atoms. The minimum atomic E-state index is -0.177. The van der Waals surface area contributed by atoms with E-state index in [2.05, 4.69) is 24.1 Å². The van der Waals surface area contributed by atoms with Crippen LogP contribution in [0.25, 0.3) is 0 Å². The van der Waals surface area contributed by atoms with Crippen LogP contribution in [0.1, 0.15) is 52.9 Å². The highest BCUT2D eigenvalue weighted by Crippen LogP contribution is 2.39. The SMILES string of the molecule is CCOC(=O)N1C(C)CC(N2CCC3(CC2)CNC(=O)C3)CC1C. The summed E-state index contributed by atoms with van der Waals surface area (Å²) in [5.41, 5.74) is 0.205. The zero-order chi connectivity index (χ0) is 17.3. The minimum Gasteiger partial charge on any atom is -0.450 e. The lowest BCUT2D eigenvalue weighted by Crippen LogP contribution is -2.56. The number of carbonyl (C=O) groups is 2. The third kappa shape index (κ3) is 3.39. The number of piperidine rings is 2. The number of hydrogen-bond acceptors (Lipinski definition) is 4. The van der Waals surface area contributed by atoms with E-state index in [1.807, 2.05) is 11.8 Å². The highest BCUT2D eigenvalue weighted by Gasteiger charge is 2.43. The molecule has 1 spiro atoms. The van der Waals surface area contributed by atoms with Crippen LogP contribution in [0.15, 0.2) is 0 Å². The number of likely N-dealkylation sites (tertiary alicyclic amines) is 2. The van der Waals surface area contributed by atoms with E-state index in [-0.39, 0.29) is 29.5 Å². The molecular formula is C18H31N3O3. The molecule has 3 rings (SSSR count). The Balaban J connectivity index is 1.56. The standard InChI is InChI=1S/C18H31N3O3/c1-4-24-17(23)21-13(2)9-15(10-14(21)3)20-7-5-18(6-8-20)11-16(22)19-12-18/h13-15H,4-12H2,1-3H3,(H,19,22). The van der Waals surface area contributed by atoms with E-state index in [0.29, 0.717) is 19.1 Å². The van der Waals surface area contributed by atoms with Gasteiger partial charge in [0.15, 0.2) is 0 Å². The lowest BCUT2D eigenvalue weighted by atomic mass is 9.76. The summed E-state index contributed by atoms with van der Waals surface area (Å²) in [5, 5.41) is 3.00. The van der Waals surface area contributed by atoms with E-state index in [1.54, 1.807) is 0 Å². The van der Waals surface area contributed by atoms with Gasteiger partial charge in [0.25, 0.3) is 0 Å². The second kappa shape index (κ2) is 6.90. The third-order valence-corrected chi connectivity index (χ3v) is 6.23. The second-order valence-corrected chi connectivity index (χ2v) is 7.92. The van der Waals surface area contributed by atoms with Crippen molar-refractivity contribution in [1.82, 2.24) is 15.1 Å². The number of amides is 2. The van der Waals surface area contributed by atoms with Crippen molar-refractivity contribution in [3.8, 4) is 0 Å². The number of carbonyl (C=O) groups excluding carboxylic acids is 2. The van der Waals surface area contributed by atoms with Gasteiger partial charge in [-0.25, -0.2) is 4.79 Å². The van der Waals surface area contributed by atoms with Crippen LogP contribution in [0.4, 0.5) is 4.79 Å². The Morgan fingerprint density at radius 1 is 1.25 bits per heavy atom. The Morgan fingerprint density at radius 2 is 1.88 bits per heavy atom. The summed E-state index contributed by atoms with van der Waals surface area (Å²) in [4.78, 5) is 28.2. The summed E-state index contributed by atoms with van der Waals surface area (Å²) in [6, 6.07) is 0.954. The van der Waals surface area contributed by atoms with E-state index in [9.17, 15) is 9.59 Å². The van der Waals surface area contributed by atoms with E-state index < -0.39 is 0 Å². The Bertz CT molecular complexity index is 476. The number of ether oxygens (including phenoxy) is 1. The lowest BCUT2D eigenvalue weighted by Gasteiger charge is -2.48. The molecule has 2 amide bonds. The van der Waals surface area contributed by atoms with Gasteiger partial charge in [0, 0.05) is 31.1 Å². The molecule has 2 atom stereocenters. The largest absolute Gasteiger partial charge is 0.450 e. The highest BCUT2D eigenvalue weighted by atomic mass is 16.6. The summed E-state index contributed by atoms with van der Waals surface area (Å²) in [6.45, 7) is 9.53. The van der Waals surface area contributed by atoms with Gasteiger partial charge in [-0.15, -0.1) is 0 Å². The van der Waals surface area contributed by atoms with Crippen LogP contribution in [0.5, 0.6) is 0 Å². The molecule has 6 heteroatoms. The van der Waals surface area contributed by atoms with Gasteiger partial charge in [-0.2, -0.15) is 0 Å². The summed E-state index contributed by atoms with van der Waals surface area (Å²) in [6.07, 6.45) is 4.75. The Hall–Kier alpha value is -1.30. The molecule has 6 nitrogen and oxygen atoms in total. The number of nitrogens with one attached hydrogen (secondary N) is 1.